The van der Waals surface area contributed by atoms with Crippen molar-refractivity contribution in [1.82, 2.24) is 5.32 Å². The monoisotopic (exact) mass is 237 g/mol. The first-order chi connectivity index (χ1) is 7.65. The molecule has 0 aliphatic heterocycles. The fraction of sp³-hybridized carbons (Fsp3) is 0.615. The van der Waals surface area contributed by atoms with Crippen molar-refractivity contribution in [3.05, 3.63) is 22.4 Å². The Bertz CT molecular complexity index is 350. The molecular weight excluding hydrogens is 218 g/mol. The van der Waals surface area contributed by atoms with Crippen molar-refractivity contribution < 1.29 is 4.79 Å². The summed E-state index contributed by atoms with van der Waals surface area (Å²) in [4.78, 5) is 13.6. The third-order valence-corrected chi connectivity index (χ3v) is 4.38. The molecule has 0 saturated heterocycles. The van der Waals surface area contributed by atoms with E-state index in [0.717, 1.165) is 12.8 Å². The lowest BCUT2D eigenvalue weighted by Gasteiger charge is -2.27. The van der Waals surface area contributed by atoms with Crippen molar-refractivity contribution >= 4 is 17.2 Å². The largest absolute Gasteiger partial charge is 0.353 e. The van der Waals surface area contributed by atoms with E-state index in [1.54, 1.807) is 11.3 Å². The summed E-state index contributed by atoms with van der Waals surface area (Å²) in [5.41, 5.74) is -0.224. The van der Waals surface area contributed by atoms with Crippen molar-refractivity contribution in [3.63, 3.8) is 0 Å². The van der Waals surface area contributed by atoms with Crippen molar-refractivity contribution in [3.8, 4) is 0 Å². The van der Waals surface area contributed by atoms with Crippen LogP contribution < -0.4 is 5.32 Å². The van der Waals surface area contributed by atoms with Crippen LogP contribution in [0.3, 0.4) is 0 Å². The van der Waals surface area contributed by atoms with E-state index in [1.165, 1.54) is 17.7 Å². The molecule has 3 heteroatoms. The van der Waals surface area contributed by atoms with Gasteiger partial charge in [-0.1, -0.05) is 18.9 Å². The molecule has 1 aromatic rings. The second-order valence-electron chi connectivity index (χ2n) is 4.89. The molecular formula is C13H19NOS. The van der Waals surface area contributed by atoms with Gasteiger partial charge in [-0.15, -0.1) is 11.3 Å². The fourth-order valence-corrected chi connectivity index (χ4v) is 3.50. The molecule has 1 amide bonds. The number of amides is 1. The van der Waals surface area contributed by atoms with Crippen LogP contribution in [0.1, 0.15) is 44.4 Å². The van der Waals surface area contributed by atoms with E-state index in [4.69, 9.17) is 0 Å². The van der Waals surface area contributed by atoms with Gasteiger partial charge in [0.25, 0.3) is 0 Å². The molecule has 1 aliphatic rings. The Kier molecular flexibility index (Phi) is 3.33. The Morgan fingerprint density at radius 1 is 1.44 bits per heavy atom. The van der Waals surface area contributed by atoms with Gasteiger partial charge in [0, 0.05) is 10.9 Å². The maximum atomic E-state index is 12.4. The van der Waals surface area contributed by atoms with Gasteiger partial charge < -0.3 is 5.32 Å². The number of thiophene rings is 1. The van der Waals surface area contributed by atoms with Crippen LogP contribution in [0, 0.1) is 0 Å². The predicted molar refractivity (Wildman–Crippen MR) is 67.7 cm³/mol. The third kappa shape index (κ3) is 2.01. The van der Waals surface area contributed by atoms with E-state index < -0.39 is 0 Å². The summed E-state index contributed by atoms with van der Waals surface area (Å²) in [6, 6.07) is 4.38. The van der Waals surface area contributed by atoms with E-state index in [2.05, 4.69) is 16.8 Å². The average molecular weight is 237 g/mol. The second-order valence-corrected chi connectivity index (χ2v) is 5.84. The van der Waals surface area contributed by atoms with Gasteiger partial charge in [-0.2, -0.15) is 0 Å². The maximum Gasteiger partial charge on any atom is 0.231 e. The van der Waals surface area contributed by atoms with Crippen LogP contribution in [-0.4, -0.2) is 11.9 Å². The molecule has 0 radical (unpaired) electrons. The van der Waals surface area contributed by atoms with E-state index >= 15 is 0 Å². The molecule has 2 nitrogen and oxygen atoms in total. The van der Waals surface area contributed by atoms with Crippen LogP contribution in [-0.2, 0) is 10.2 Å². The fourth-order valence-electron chi connectivity index (χ4n) is 2.52. The Balaban J connectivity index is 2.26. The minimum absolute atomic E-state index is 0.224. The number of nitrogens with one attached hydrogen (secondary N) is 1. The highest BCUT2D eigenvalue weighted by atomic mass is 32.1. The lowest BCUT2D eigenvalue weighted by atomic mass is 9.83. The summed E-state index contributed by atoms with van der Waals surface area (Å²) < 4.78 is 0. The predicted octanol–water partition coefficient (Wildman–Crippen LogP) is 3.08. The van der Waals surface area contributed by atoms with Gasteiger partial charge in [0.15, 0.2) is 0 Å². The number of hydrogen-bond donors (Lipinski definition) is 1. The zero-order valence-corrected chi connectivity index (χ0v) is 10.8. The van der Waals surface area contributed by atoms with E-state index in [9.17, 15) is 4.79 Å². The Morgan fingerprint density at radius 3 is 2.62 bits per heavy atom. The molecule has 1 N–H and O–H groups in total. The molecule has 88 valence electrons. The molecule has 0 spiro atoms. The van der Waals surface area contributed by atoms with Crippen molar-refractivity contribution in [2.75, 3.05) is 0 Å². The van der Waals surface area contributed by atoms with Gasteiger partial charge in [-0.05, 0) is 38.1 Å². The van der Waals surface area contributed by atoms with Crippen LogP contribution >= 0.6 is 11.3 Å². The smallest absolute Gasteiger partial charge is 0.231 e. The maximum absolute atomic E-state index is 12.4. The molecule has 1 aliphatic carbocycles. The highest BCUT2D eigenvalue weighted by Gasteiger charge is 2.43. The van der Waals surface area contributed by atoms with Crippen LogP contribution in [0.4, 0.5) is 0 Å². The molecule has 0 aromatic carbocycles. The van der Waals surface area contributed by atoms with E-state index in [1.807, 2.05) is 19.9 Å². The summed E-state index contributed by atoms with van der Waals surface area (Å²) >= 11 is 1.71. The van der Waals surface area contributed by atoms with Crippen LogP contribution in [0.5, 0.6) is 0 Å². The molecule has 1 saturated carbocycles. The highest BCUT2D eigenvalue weighted by molar-refractivity contribution is 7.10. The topological polar surface area (TPSA) is 29.1 Å². The first kappa shape index (κ1) is 11.6. The summed E-state index contributed by atoms with van der Waals surface area (Å²) in [6.45, 7) is 4.05. The van der Waals surface area contributed by atoms with Gasteiger partial charge >= 0.3 is 0 Å². The van der Waals surface area contributed by atoms with Crippen molar-refractivity contribution in [1.29, 1.82) is 0 Å². The molecule has 0 unspecified atom stereocenters. The molecule has 1 fully saturated rings. The second kappa shape index (κ2) is 4.58. The summed E-state index contributed by atoms with van der Waals surface area (Å²) in [7, 11) is 0. The molecule has 0 atom stereocenters. The number of carbonyl (C=O) groups excluding carboxylic acids is 1. The molecule has 16 heavy (non-hydrogen) atoms. The average Bonchev–Trinajstić information content (AvgIpc) is 2.88. The zero-order valence-electron chi connectivity index (χ0n) is 9.95. The normalized spacial score (nSPS) is 18.9. The minimum atomic E-state index is -0.224. The van der Waals surface area contributed by atoms with E-state index in [0.29, 0.717) is 0 Å². The van der Waals surface area contributed by atoms with Crippen LogP contribution in [0.2, 0.25) is 0 Å². The SMILES string of the molecule is CC(C)NC(=O)C1(c2cccs2)CCCC1. The lowest BCUT2D eigenvalue weighted by molar-refractivity contribution is -0.127. The molecule has 0 bridgehead atoms. The Labute approximate surface area is 101 Å². The van der Waals surface area contributed by atoms with Gasteiger partial charge in [-0.3, -0.25) is 4.79 Å². The van der Waals surface area contributed by atoms with Crippen molar-refractivity contribution in [2.45, 2.75) is 51.0 Å². The van der Waals surface area contributed by atoms with E-state index in [-0.39, 0.29) is 17.4 Å². The Hall–Kier alpha value is -0.830. The molecule has 1 aromatic heterocycles. The van der Waals surface area contributed by atoms with Crippen molar-refractivity contribution in [2.24, 2.45) is 0 Å². The highest BCUT2D eigenvalue weighted by Crippen LogP contribution is 2.43. The standard InChI is InChI=1S/C13H19NOS/c1-10(2)14-12(15)13(7-3-4-8-13)11-6-5-9-16-11/h5-6,9-10H,3-4,7-8H2,1-2H3,(H,14,15). The van der Waals surface area contributed by atoms with Crippen LogP contribution in [0.15, 0.2) is 17.5 Å². The number of carbonyl (C=O) groups is 1. The summed E-state index contributed by atoms with van der Waals surface area (Å²) in [6.07, 6.45) is 4.35. The van der Waals surface area contributed by atoms with Gasteiger partial charge in [-0.25, -0.2) is 0 Å². The number of hydrogen-bond acceptors (Lipinski definition) is 2. The third-order valence-electron chi connectivity index (χ3n) is 3.30. The molecule has 1 heterocycles. The first-order valence-corrected chi connectivity index (χ1v) is 6.88. The van der Waals surface area contributed by atoms with Gasteiger partial charge in [0.2, 0.25) is 5.91 Å². The first-order valence-electron chi connectivity index (χ1n) is 6.00. The summed E-state index contributed by atoms with van der Waals surface area (Å²) in [5, 5.41) is 5.15. The summed E-state index contributed by atoms with van der Waals surface area (Å²) in [5.74, 6) is 0.224. The number of rotatable bonds is 3. The quantitative estimate of drug-likeness (QED) is 0.860. The van der Waals surface area contributed by atoms with Gasteiger partial charge in [0.1, 0.15) is 0 Å². The van der Waals surface area contributed by atoms with Gasteiger partial charge in [0.05, 0.1) is 5.41 Å². The van der Waals surface area contributed by atoms with Crippen LogP contribution in [0.25, 0.3) is 0 Å². The Morgan fingerprint density at radius 2 is 2.12 bits per heavy atom. The molecule has 2 rings (SSSR count). The zero-order chi connectivity index (χ0) is 11.6. The minimum Gasteiger partial charge on any atom is -0.353 e. The lowest BCUT2D eigenvalue weighted by Crippen LogP contribution is -2.44.